The van der Waals surface area contributed by atoms with Crippen LogP contribution in [0.4, 0.5) is 0 Å². The minimum absolute atomic E-state index is 0.212. The Morgan fingerprint density at radius 1 is 0.750 bits per heavy atom. The Hall–Kier alpha value is 1.62. The molecule has 0 aromatic heterocycles. The van der Waals surface area contributed by atoms with Crippen LogP contribution in [0.15, 0.2) is 0 Å². The third-order valence-corrected chi connectivity index (χ3v) is 4.79. The lowest BCUT2D eigenvalue weighted by Crippen LogP contribution is -1.84. The molecular weight excluding hydrogens is 284 g/mol. The molecule has 0 bridgehead atoms. The number of rotatable bonds is 5. The van der Waals surface area contributed by atoms with E-state index in [4.69, 9.17) is 45.0 Å². The van der Waals surface area contributed by atoms with Gasteiger partial charge in [0.25, 0.3) is 11.7 Å². The topological polar surface area (TPSA) is 34.1 Å². The van der Waals surface area contributed by atoms with Gasteiger partial charge >= 0.3 is 0 Å². The molecule has 0 radical (unpaired) electrons. The van der Waals surface area contributed by atoms with Crippen molar-refractivity contribution in [3.63, 3.8) is 0 Å². The van der Waals surface area contributed by atoms with Gasteiger partial charge in [-0.25, -0.2) is 0 Å². The first kappa shape index (κ1) is 13.6. The SMILES string of the molecule is O=P(Cl)(Cl)CCCCP(=O)(Cl)Cl. The Bertz CT molecular complexity index is 195. The van der Waals surface area contributed by atoms with Crippen LogP contribution in [0.25, 0.3) is 0 Å². The first-order valence-electron chi connectivity index (χ1n) is 3.17. The van der Waals surface area contributed by atoms with Crippen LogP contribution in [-0.4, -0.2) is 12.3 Å². The Balaban J connectivity index is 3.48. The van der Waals surface area contributed by atoms with Crippen LogP contribution >= 0.6 is 56.7 Å². The highest BCUT2D eigenvalue weighted by Crippen LogP contribution is 2.59. The molecule has 74 valence electrons. The Kier molecular flexibility index (Phi) is 6.23. The molecule has 0 saturated carbocycles. The van der Waals surface area contributed by atoms with Crippen molar-refractivity contribution < 1.29 is 9.13 Å². The van der Waals surface area contributed by atoms with Crippen molar-refractivity contribution in [2.75, 3.05) is 12.3 Å². The summed E-state index contributed by atoms with van der Waals surface area (Å²) in [7, 11) is 0. The van der Waals surface area contributed by atoms with Crippen LogP contribution in [0.5, 0.6) is 0 Å². The average molecular weight is 292 g/mol. The first-order valence-corrected chi connectivity index (χ1v) is 10.6. The predicted molar refractivity (Wildman–Crippen MR) is 57.6 cm³/mol. The van der Waals surface area contributed by atoms with Crippen LogP contribution in [0, 0.1) is 0 Å². The average Bonchev–Trinajstić information content (AvgIpc) is 1.76. The molecule has 8 heteroatoms. The van der Waals surface area contributed by atoms with Gasteiger partial charge in [0.05, 0.1) is 0 Å². The molecule has 0 spiro atoms. The molecule has 0 aromatic carbocycles. The fourth-order valence-corrected chi connectivity index (χ4v) is 3.21. The molecular formula is C4H8Cl4O2P2. The van der Waals surface area contributed by atoms with Gasteiger partial charge in [0.1, 0.15) is 0 Å². The quantitative estimate of drug-likeness (QED) is 0.521. The summed E-state index contributed by atoms with van der Waals surface area (Å²) in [6, 6.07) is 0. The molecule has 0 atom stereocenters. The van der Waals surface area contributed by atoms with Gasteiger partial charge in [0, 0.05) is 12.3 Å². The van der Waals surface area contributed by atoms with E-state index in [2.05, 4.69) is 0 Å². The maximum absolute atomic E-state index is 10.7. The summed E-state index contributed by atoms with van der Waals surface area (Å²) in [4.78, 5) is 0. The molecule has 0 fully saturated rings. The van der Waals surface area contributed by atoms with Crippen molar-refractivity contribution in [3.8, 4) is 0 Å². The predicted octanol–water partition coefficient (Wildman–Crippen LogP) is 5.11. The second kappa shape index (κ2) is 5.49. The third-order valence-electron chi connectivity index (χ3n) is 1.09. The van der Waals surface area contributed by atoms with Gasteiger partial charge in [-0.05, 0) is 57.8 Å². The molecule has 0 aromatic rings. The van der Waals surface area contributed by atoms with E-state index in [1.807, 2.05) is 0 Å². The fraction of sp³-hybridized carbons (Fsp3) is 1.00. The number of unbranched alkanes of at least 4 members (excludes halogenated alkanes) is 1. The highest BCUT2D eigenvalue weighted by molar-refractivity contribution is 8.09. The summed E-state index contributed by atoms with van der Waals surface area (Å²) in [5, 5.41) is 0. The van der Waals surface area contributed by atoms with Crippen molar-refractivity contribution >= 4 is 56.7 Å². The van der Waals surface area contributed by atoms with Gasteiger partial charge in [-0.3, -0.25) is 9.13 Å². The summed E-state index contributed by atoms with van der Waals surface area (Å²) < 4.78 is 21.5. The van der Waals surface area contributed by atoms with Gasteiger partial charge < -0.3 is 0 Å². The lowest BCUT2D eigenvalue weighted by atomic mass is 10.4. The van der Waals surface area contributed by atoms with Crippen molar-refractivity contribution in [1.29, 1.82) is 0 Å². The van der Waals surface area contributed by atoms with Crippen molar-refractivity contribution in [2.45, 2.75) is 12.8 Å². The molecule has 2 nitrogen and oxygen atoms in total. The second-order valence-corrected chi connectivity index (χ2v) is 13.1. The number of halogens is 4. The molecule has 12 heavy (non-hydrogen) atoms. The van der Waals surface area contributed by atoms with Gasteiger partial charge in [0.15, 0.2) is 0 Å². The number of hydrogen-bond donors (Lipinski definition) is 0. The monoisotopic (exact) mass is 290 g/mol. The standard InChI is InChI=1S/C4H8Cl4O2P2/c5-11(6,9)3-1-2-4-12(7,8)10/h1-4H2. The third kappa shape index (κ3) is 11.6. The lowest BCUT2D eigenvalue weighted by Gasteiger charge is -2.02. The van der Waals surface area contributed by atoms with E-state index in [-0.39, 0.29) is 12.3 Å². The molecule has 0 aliphatic heterocycles. The maximum Gasteiger partial charge on any atom is 0.253 e. The Morgan fingerprint density at radius 2 is 1.00 bits per heavy atom. The zero-order valence-electron chi connectivity index (χ0n) is 6.05. The van der Waals surface area contributed by atoms with E-state index in [1.54, 1.807) is 0 Å². The molecule has 0 saturated heterocycles. The van der Waals surface area contributed by atoms with E-state index in [1.165, 1.54) is 0 Å². The summed E-state index contributed by atoms with van der Waals surface area (Å²) in [6.07, 6.45) is 1.47. The van der Waals surface area contributed by atoms with Gasteiger partial charge in [-0.15, -0.1) is 0 Å². The summed E-state index contributed by atoms with van der Waals surface area (Å²) in [5.74, 6) is -5.96. The largest absolute Gasteiger partial charge is 0.289 e. The van der Waals surface area contributed by atoms with Gasteiger partial charge in [-0.2, -0.15) is 0 Å². The van der Waals surface area contributed by atoms with Crippen molar-refractivity contribution in [3.05, 3.63) is 0 Å². The molecule has 0 rings (SSSR count). The van der Waals surface area contributed by atoms with E-state index in [0.717, 1.165) is 0 Å². The van der Waals surface area contributed by atoms with E-state index in [0.29, 0.717) is 12.8 Å². The summed E-state index contributed by atoms with van der Waals surface area (Å²) >= 11 is 21.1. The minimum atomic E-state index is -2.98. The molecule has 0 aliphatic carbocycles. The minimum Gasteiger partial charge on any atom is -0.289 e. The molecule has 0 aliphatic rings. The smallest absolute Gasteiger partial charge is 0.253 e. The fourth-order valence-electron chi connectivity index (χ4n) is 0.592. The molecule has 0 N–H and O–H groups in total. The van der Waals surface area contributed by atoms with Crippen LogP contribution in [0.1, 0.15) is 12.8 Å². The molecule has 0 unspecified atom stereocenters. The lowest BCUT2D eigenvalue weighted by molar-refractivity contribution is 0.586. The van der Waals surface area contributed by atoms with Crippen molar-refractivity contribution in [1.82, 2.24) is 0 Å². The van der Waals surface area contributed by atoms with Crippen LogP contribution in [-0.2, 0) is 9.13 Å². The second-order valence-electron chi connectivity index (χ2n) is 2.29. The number of hydrogen-bond acceptors (Lipinski definition) is 2. The highest BCUT2D eigenvalue weighted by Gasteiger charge is 2.16. The summed E-state index contributed by atoms with van der Waals surface area (Å²) in [5.41, 5.74) is 0. The van der Waals surface area contributed by atoms with Crippen LogP contribution in [0.3, 0.4) is 0 Å². The van der Waals surface area contributed by atoms with Crippen LogP contribution < -0.4 is 0 Å². The highest BCUT2D eigenvalue weighted by atomic mass is 35.9. The molecule has 0 heterocycles. The van der Waals surface area contributed by atoms with E-state index < -0.39 is 11.7 Å². The van der Waals surface area contributed by atoms with Crippen molar-refractivity contribution in [2.24, 2.45) is 0 Å². The Morgan fingerprint density at radius 3 is 1.17 bits per heavy atom. The zero-order chi connectivity index (χ0) is 9.83. The zero-order valence-corrected chi connectivity index (χ0v) is 10.9. The first-order chi connectivity index (χ1) is 5.21. The normalized spacial score (nSPS) is 13.3. The summed E-state index contributed by atoms with van der Waals surface area (Å²) in [6.45, 7) is 0. The maximum atomic E-state index is 10.7. The van der Waals surface area contributed by atoms with Gasteiger partial charge in [-0.1, -0.05) is 0 Å². The van der Waals surface area contributed by atoms with E-state index in [9.17, 15) is 9.13 Å². The van der Waals surface area contributed by atoms with Crippen LogP contribution in [0.2, 0.25) is 0 Å². The Labute approximate surface area is 90.8 Å². The van der Waals surface area contributed by atoms with E-state index >= 15 is 0 Å². The van der Waals surface area contributed by atoms with Gasteiger partial charge in [0.2, 0.25) is 0 Å². The molecule has 0 amide bonds.